The van der Waals surface area contributed by atoms with Gasteiger partial charge in [0.15, 0.2) is 0 Å². The Bertz CT molecular complexity index is 1190. The summed E-state index contributed by atoms with van der Waals surface area (Å²) in [5.74, 6) is -0.220. The van der Waals surface area contributed by atoms with E-state index in [2.05, 4.69) is 26.7 Å². The molecule has 2 aliphatic heterocycles. The Morgan fingerprint density at radius 1 is 1.16 bits per heavy atom. The average Bonchev–Trinajstić information content (AvgIpc) is 2.83. The summed E-state index contributed by atoms with van der Waals surface area (Å²) in [6.45, 7) is 7.10. The predicted octanol–water partition coefficient (Wildman–Crippen LogP) is 2.94. The monoisotopic (exact) mass is 431 g/mol. The molecule has 8 nitrogen and oxygen atoms in total. The van der Waals surface area contributed by atoms with E-state index in [1.807, 2.05) is 42.7 Å². The number of aromatic nitrogens is 3. The van der Waals surface area contributed by atoms with Crippen molar-refractivity contribution in [3.8, 4) is 0 Å². The highest BCUT2D eigenvalue weighted by Gasteiger charge is 2.28. The van der Waals surface area contributed by atoms with Gasteiger partial charge in [0.05, 0.1) is 30.0 Å². The molecule has 1 aromatic carbocycles. The van der Waals surface area contributed by atoms with Gasteiger partial charge in [0.25, 0.3) is 0 Å². The van der Waals surface area contributed by atoms with Crippen LogP contribution < -0.4 is 4.90 Å². The molecule has 3 aromatic rings. The second kappa shape index (κ2) is 8.64. The molecular formula is C24H25N5O3. The number of hydrogen-bond acceptors (Lipinski definition) is 7. The Balaban J connectivity index is 1.58. The Labute approximate surface area is 186 Å². The molecule has 0 spiro atoms. The molecule has 0 saturated carbocycles. The molecule has 2 aromatic heterocycles. The van der Waals surface area contributed by atoms with Crippen molar-refractivity contribution in [1.82, 2.24) is 19.9 Å². The Hall–Kier alpha value is -3.36. The predicted molar refractivity (Wildman–Crippen MR) is 123 cm³/mol. The molecule has 164 valence electrons. The van der Waals surface area contributed by atoms with Gasteiger partial charge in [-0.1, -0.05) is 25.1 Å². The third-order valence-electron chi connectivity index (χ3n) is 6.03. The fourth-order valence-corrected chi connectivity index (χ4v) is 4.38. The summed E-state index contributed by atoms with van der Waals surface area (Å²) in [6.07, 6.45) is 5.65. The normalized spacial score (nSPS) is 18.2. The molecule has 0 atom stereocenters. The minimum Gasteiger partial charge on any atom is -0.478 e. The zero-order valence-corrected chi connectivity index (χ0v) is 18.0. The molecule has 5 rings (SSSR count). The zero-order valence-electron chi connectivity index (χ0n) is 18.0. The first-order valence-electron chi connectivity index (χ1n) is 10.9. The third-order valence-corrected chi connectivity index (χ3v) is 6.03. The minimum atomic E-state index is -0.921. The van der Waals surface area contributed by atoms with Crippen LogP contribution in [0, 0.1) is 0 Å². The van der Waals surface area contributed by atoms with Gasteiger partial charge in [-0.3, -0.25) is 4.90 Å². The van der Waals surface area contributed by atoms with Gasteiger partial charge in [-0.05, 0) is 24.3 Å². The van der Waals surface area contributed by atoms with Gasteiger partial charge in [0, 0.05) is 55.1 Å². The Morgan fingerprint density at radius 3 is 2.62 bits per heavy atom. The summed E-state index contributed by atoms with van der Waals surface area (Å²) in [5.41, 5.74) is 4.40. The van der Waals surface area contributed by atoms with Crippen LogP contribution in [0.25, 0.3) is 22.6 Å². The number of para-hydroxylation sites is 1. The number of aromatic carboxylic acids is 1. The van der Waals surface area contributed by atoms with Gasteiger partial charge < -0.3 is 14.7 Å². The van der Waals surface area contributed by atoms with Gasteiger partial charge in [-0.15, -0.1) is 0 Å². The van der Waals surface area contributed by atoms with Gasteiger partial charge in [0.1, 0.15) is 0 Å². The summed E-state index contributed by atoms with van der Waals surface area (Å²) < 4.78 is 5.40. The average molecular weight is 431 g/mol. The Morgan fingerprint density at radius 2 is 1.91 bits per heavy atom. The van der Waals surface area contributed by atoms with Crippen LogP contribution in [0.3, 0.4) is 0 Å². The molecule has 32 heavy (non-hydrogen) atoms. The number of fused-ring (bicyclic) bond motifs is 2. The molecule has 0 amide bonds. The Kier molecular flexibility index (Phi) is 5.55. The van der Waals surface area contributed by atoms with Crippen LogP contribution in [0.5, 0.6) is 0 Å². The van der Waals surface area contributed by atoms with Crippen LogP contribution in [-0.4, -0.2) is 70.3 Å². The number of carboxylic acids is 1. The summed E-state index contributed by atoms with van der Waals surface area (Å²) in [6, 6.07) is 7.44. The zero-order chi connectivity index (χ0) is 22.1. The summed E-state index contributed by atoms with van der Waals surface area (Å²) in [4.78, 5) is 30.5. The van der Waals surface area contributed by atoms with Crippen molar-refractivity contribution in [2.45, 2.75) is 13.5 Å². The first-order valence-corrected chi connectivity index (χ1v) is 10.9. The second-order valence-corrected chi connectivity index (χ2v) is 8.02. The van der Waals surface area contributed by atoms with E-state index in [1.165, 1.54) is 0 Å². The SMILES string of the molecule is CCN1C/C(=C\c2cnc(N3CCOCC3)nc2)c2nc3ccccc3c(C(=O)O)c2C1. The van der Waals surface area contributed by atoms with Gasteiger partial charge >= 0.3 is 5.97 Å². The number of benzene rings is 1. The smallest absolute Gasteiger partial charge is 0.336 e. The maximum atomic E-state index is 12.2. The van der Waals surface area contributed by atoms with Crippen LogP contribution in [0.4, 0.5) is 5.95 Å². The summed E-state index contributed by atoms with van der Waals surface area (Å²) in [5, 5.41) is 10.7. The molecule has 8 heteroatoms. The molecule has 4 heterocycles. The summed E-state index contributed by atoms with van der Waals surface area (Å²) in [7, 11) is 0. The number of carboxylic acid groups (broad SMARTS) is 1. The maximum absolute atomic E-state index is 12.2. The third kappa shape index (κ3) is 3.83. The molecule has 0 aliphatic carbocycles. The van der Waals surface area contributed by atoms with Crippen molar-refractivity contribution in [2.24, 2.45) is 0 Å². The van der Waals surface area contributed by atoms with Crippen LogP contribution >= 0.6 is 0 Å². The van der Waals surface area contributed by atoms with Crippen molar-refractivity contribution in [2.75, 3.05) is 44.3 Å². The van der Waals surface area contributed by atoms with E-state index in [-0.39, 0.29) is 0 Å². The maximum Gasteiger partial charge on any atom is 0.336 e. The van der Waals surface area contributed by atoms with E-state index in [9.17, 15) is 9.90 Å². The van der Waals surface area contributed by atoms with Gasteiger partial charge in [-0.25, -0.2) is 19.7 Å². The summed E-state index contributed by atoms with van der Waals surface area (Å²) >= 11 is 0. The van der Waals surface area contributed by atoms with Crippen LogP contribution in [0.15, 0.2) is 36.7 Å². The van der Waals surface area contributed by atoms with Crippen LogP contribution in [0.1, 0.15) is 34.1 Å². The minimum absolute atomic E-state index is 0.341. The number of hydrogen-bond donors (Lipinski definition) is 1. The van der Waals surface area contributed by atoms with Gasteiger partial charge in [0.2, 0.25) is 5.95 Å². The topological polar surface area (TPSA) is 91.7 Å². The first-order chi connectivity index (χ1) is 15.6. The fraction of sp³-hybridized carbons (Fsp3) is 0.333. The number of nitrogens with zero attached hydrogens (tertiary/aromatic N) is 5. The number of likely N-dealkylation sites (N-methyl/N-ethyl adjacent to an activating group) is 1. The van der Waals surface area contributed by atoms with E-state index >= 15 is 0 Å². The number of ether oxygens (including phenoxy) is 1. The number of rotatable bonds is 4. The van der Waals surface area contributed by atoms with Crippen LogP contribution in [-0.2, 0) is 11.3 Å². The molecule has 2 aliphatic rings. The van der Waals surface area contributed by atoms with Crippen molar-refractivity contribution in [1.29, 1.82) is 0 Å². The largest absolute Gasteiger partial charge is 0.478 e. The van der Waals surface area contributed by atoms with Crippen molar-refractivity contribution in [3.05, 3.63) is 59.0 Å². The molecule has 1 fully saturated rings. The standard InChI is InChI=1S/C24H25N5O3/c1-2-28-14-17(11-16-12-25-24(26-13-16)29-7-9-32-10-8-29)22-19(15-28)21(23(30)31)18-5-3-4-6-20(18)27-22/h3-6,11-13H,2,7-10,14-15H2,1H3,(H,30,31)/b17-11+. The lowest BCUT2D eigenvalue weighted by atomic mass is 9.92. The van der Waals surface area contributed by atoms with E-state index in [0.717, 1.165) is 42.0 Å². The fourth-order valence-electron chi connectivity index (χ4n) is 4.38. The van der Waals surface area contributed by atoms with Crippen LogP contribution in [0.2, 0.25) is 0 Å². The lowest BCUT2D eigenvalue weighted by Crippen LogP contribution is -2.37. The highest BCUT2D eigenvalue weighted by Crippen LogP contribution is 2.34. The van der Waals surface area contributed by atoms with Crippen molar-refractivity contribution >= 4 is 34.5 Å². The number of carbonyl (C=O) groups is 1. The second-order valence-electron chi connectivity index (χ2n) is 8.02. The van der Waals surface area contributed by atoms with E-state index < -0.39 is 5.97 Å². The first kappa shape index (κ1) is 20.5. The van der Waals surface area contributed by atoms with E-state index in [1.54, 1.807) is 0 Å². The van der Waals surface area contributed by atoms with Crippen molar-refractivity contribution in [3.63, 3.8) is 0 Å². The molecule has 0 unspecified atom stereocenters. The van der Waals surface area contributed by atoms with Gasteiger partial charge in [-0.2, -0.15) is 0 Å². The molecule has 1 saturated heterocycles. The number of morpholine rings is 1. The van der Waals surface area contributed by atoms with E-state index in [4.69, 9.17) is 9.72 Å². The number of pyridine rings is 1. The molecule has 0 radical (unpaired) electrons. The highest BCUT2D eigenvalue weighted by molar-refractivity contribution is 6.05. The molecule has 1 N–H and O–H groups in total. The molecular weight excluding hydrogens is 406 g/mol. The number of anilines is 1. The highest BCUT2D eigenvalue weighted by atomic mass is 16.5. The van der Waals surface area contributed by atoms with Crippen molar-refractivity contribution < 1.29 is 14.6 Å². The lowest BCUT2D eigenvalue weighted by molar-refractivity contribution is 0.0696. The molecule has 0 bridgehead atoms. The quantitative estimate of drug-likeness (QED) is 0.674. The lowest BCUT2D eigenvalue weighted by Gasteiger charge is -2.30. The van der Waals surface area contributed by atoms with E-state index in [0.29, 0.717) is 48.7 Å².